The van der Waals surface area contributed by atoms with Crippen LogP contribution in [0.1, 0.15) is 23.6 Å². The molecule has 1 unspecified atom stereocenters. The van der Waals surface area contributed by atoms with Gasteiger partial charge in [0.1, 0.15) is 0 Å². The molecule has 0 radical (unpaired) electrons. The van der Waals surface area contributed by atoms with Gasteiger partial charge in [-0.05, 0) is 44.7 Å². The number of nitriles is 1. The largest absolute Gasteiger partial charge is 0.325 e. The summed E-state index contributed by atoms with van der Waals surface area (Å²) in [5.74, 6) is -0.0882. The molecule has 4 nitrogen and oxygen atoms in total. The Morgan fingerprint density at radius 2 is 1.96 bits per heavy atom. The van der Waals surface area contributed by atoms with E-state index in [9.17, 15) is 4.79 Å². The fraction of sp³-hybridized carbons (Fsp3) is 0.263. The van der Waals surface area contributed by atoms with E-state index in [-0.39, 0.29) is 11.9 Å². The van der Waals surface area contributed by atoms with Gasteiger partial charge < -0.3 is 5.32 Å². The summed E-state index contributed by atoms with van der Waals surface area (Å²) in [6.45, 7) is 4.63. The molecule has 2 aromatic carbocycles. The van der Waals surface area contributed by atoms with Gasteiger partial charge in [0, 0.05) is 12.2 Å². The molecule has 2 rings (SSSR count). The van der Waals surface area contributed by atoms with Crippen LogP contribution in [0, 0.1) is 18.3 Å². The van der Waals surface area contributed by atoms with Crippen molar-refractivity contribution >= 4 is 11.6 Å². The number of aryl methyl sites for hydroxylation is 1. The number of nitrogens with zero attached hydrogens (tertiary/aromatic N) is 2. The van der Waals surface area contributed by atoms with Crippen LogP contribution in [0.3, 0.4) is 0 Å². The van der Waals surface area contributed by atoms with Crippen molar-refractivity contribution in [3.05, 3.63) is 65.2 Å². The van der Waals surface area contributed by atoms with Crippen molar-refractivity contribution in [2.45, 2.75) is 26.4 Å². The first-order valence-corrected chi connectivity index (χ1v) is 7.56. The Bertz CT molecular complexity index is 716. The molecule has 0 aliphatic rings. The second-order valence-corrected chi connectivity index (χ2v) is 5.76. The Labute approximate surface area is 137 Å². The normalized spacial score (nSPS) is 11.8. The molecule has 0 bridgehead atoms. The van der Waals surface area contributed by atoms with Crippen LogP contribution in [0.2, 0.25) is 0 Å². The number of carbonyl (C=O) groups excluding carboxylic acids is 1. The molecule has 0 spiro atoms. The Kier molecular flexibility index (Phi) is 5.51. The van der Waals surface area contributed by atoms with E-state index in [1.165, 1.54) is 11.1 Å². The SMILES string of the molecule is Cc1ccc(CN(C)C(C)C(=O)Nc2cccc(C#N)c2)cc1. The number of rotatable bonds is 5. The Balaban J connectivity index is 1.98. The first kappa shape index (κ1) is 16.7. The van der Waals surface area contributed by atoms with Gasteiger partial charge in [0.2, 0.25) is 5.91 Å². The summed E-state index contributed by atoms with van der Waals surface area (Å²) in [5.41, 5.74) is 3.57. The highest BCUT2D eigenvalue weighted by Crippen LogP contribution is 2.12. The lowest BCUT2D eigenvalue weighted by Crippen LogP contribution is -2.39. The maximum atomic E-state index is 12.4. The summed E-state index contributed by atoms with van der Waals surface area (Å²) in [6, 6.07) is 17.0. The van der Waals surface area contributed by atoms with E-state index in [4.69, 9.17) is 5.26 Å². The fourth-order valence-corrected chi connectivity index (χ4v) is 2.23. The fourth-order valence-electron chi connectivity index (χ4n) is 2.23. The number of anilines is 1. The molecule has 1 amide bonds. The molecule has 0 fully saturated rings. The summed E-state index contributed by atoms with van der Waals surface area (Å²) in [5, 5.41) is 11.8. The lowest BCUT2D eigenvalue weighted by atomic mass is 10.1. The number of likely N-dealkylation sites (N-methyl/N-ethyl adjacent to an activating group) is 1. The van der Waals surface area contributed by atoms with Gasteiger partial charge in [-0.25, -0.2) is 0 Å². The summed E-state index contributed by atoms with van der Waals surface area (Å²) in [7, 11) is 1.93. The zero-order valence-electron chi connectivity index (χ0n) is 13.7. The highest BCUT2D eigenvalue weighted by atomic mass is 16.2. The van der Waals surface area contributed by atoms with Gasteiger partial charge in [0.15, 0.2) is 0 Å². The molecule has 0 aromatic heterocycles. The lowest BCUT2D eigenvalue weighted by Gasteiger charge is -2.24. The first-order chi connectivity index (χ1) is 11.0. The van der Waals surface area contributed by atoms with Gasteiger partial charge in [-0.2, -0.15) is 5.26 Å². The molecule has 1 atom stereocenters. The van der Waals surface area contributed by atoms with Crippen molar-refractivity contribution in [3.8, 4) is 6.07 Å². The van der Waals surface area contributed by atoms with E-state index in [1.807, 2.05) is 18.9 Å². The third-order valence-corrected chi connectivity index (χ3v) is 3.85. The van der Waals surface area contributed by atoms with Crippen LogP contribution in [-0.4, -0.2) is 23.9 Å². The monoisotopic (exact) mass is 307 g/mol. The van der Waals surface area contributed by atoms with Gasteiger partial charge in [0.25, 0.3) is 0 Å². The van der Waals surface area contributed by atoms with Crippen LogP contribution < -0.4 is 5.32 Å². The van der Waals surface area contributed by atoms with E-state index >= 15 is 0 Å². The second-order valence-electron chi connectivity index (χ2n) is 5.76. The molecule has 0 aliphatic carbocycles. The highest BCUT2D eigenvalue weighted by Gasteiger charge is 2.18. The molecule has 0 saturated carbocycles. The van der Waals surface area contributed by atoms with Crippen LogP contribution in [-0.2, 0) is 11.3 Å². The van der Waals surface area contributed by atoms with Gasteiger partial charge in [-0.1, -0.05) is 35.9 Å². The van der Waals surface area contributed by atoms with Crippen LogP contribution in [0.15, 0.2) is 48.5 Å². The molecule has 2 aromatic rings. The van der Waals surface area contributed by atoms with Gasteiger partial charge >= 0.3 is 0 Å². The van der Waals surface area contributed by atoms with Crippen molar-refractivity contribution in [2.75, 3.05) is 12.4 Å². The van der Waals surface area contributed by atoms with E-state index in [2.05, 4.69) is 42.6 Å². The van der Waals surface area contributed by atoms with Crippen LogP contribution >= 0.6 is 0 Å². The standard InChI is InChI=1S/C19H21N3O/c1-14-7-9-16(10-8-14)13-22(3)15(2)19(23)21-18-6-4-5-17(11-18)12-20/h4-11,15H,13H2,1-3H3,(H,21,23). The zero-order chi connectivity index (χ0) is 16.8. The van der Waals surface area contributed by atoms with E-state index in [0.29, 0.717) is 17.8 Å². The average molecular weight is 307 g/mol. The summed E-state index contributed by atoms with van der Waals surface area (Å²) in [4.78, 5) is 14.4. The minimum absolute atomic E-state index is 0.0882. The molecule has 4 heteroatoms. The van der Waals surface area contributed by atoms with Crippen molar-refractivity contribution in [1.82, 2.24) is 4.90 Å². The maximum Gasteiger partial charge on any atom is 0.241 e. The summed E-state index contributed by atoms with van der Waals surface area (Å²) < 4.78 is 0. The quantitative estimate of drug-likeness (QED) is 0.922. The Hall–Kier alpha value is -2.64. The smallest absolute Gasteiger partial charge is 0.241 e. The van der Waals surface area contributed by atoms with Crippen LogP contribution in [0.4, 0.5) is 5.69 Å². The maximum absolute atomic E-state index is 12.4. The van der Waals surface area contributed by atoms with E-state index in [0.717, 1.165) is 0 Å². The van der Waals surface area contributed by atoms with E-state index < -0.39 is 0 Å². The number of carbonyl (C=O) groups is 1. The summed E-state index contributed by atoms with van der Waals surface area (Å²) >= 11 is 0. The zero-order valence-corrected chi connectivity index (χ0v) is 13.7. The van der Waals surface area contributed by atoms with Crippen molar-refractivity contribution in [2.24, 2.45) is 0 Å². The predicted octanol–water partition coefficient (Wildman–Crippen LogP) is 3.33. The van der Waals surface area contributed by atoms with E-state index in [1.54, 1.807) is 24.3 Å². The Morgan fingerprint density at radius 1 is 1.26 bits per heavy atom. The Morgan fingerprint density at radius 3 is 2.61 bits per heavy atom. The predicted molar refractivity (Wildman–Crippen MR) is 91.9 cm³/mol. The third kappa shape index (κ3) is 4.67. The molecular weight excluding hydrogens is 286 g/mol. The third-order valence-electron chi connectivity index (χ3n) is 3.85. The van der Waals surface area contributed by atoms with Crippen molar-refractivity contribution < 1.29 is 4.79 Å². The number of benzene rings is 2. The van der Waals surface area contributed by atoms with Gasteiger partial charge in [-0.3, -0.25) is 9.69 Å². The number of hydrogen-bond donors (Lipinski definition) is 1. The number of amides is 1. The lowest BCUT2D eigenvalue weighted by molar-refractivity contribution is -0.120. The average Bonchev–Trinajstić information content (AvgIpc) is 2.56. The van der Waals surface area contributed by atoms with Crippen molar-refractivity contribution in [3.63, 3.8) is 0 Å². The molecule has 0 saturated heterocycles. The first-order valence-electron chi connectivity index (χ1n) is 7.56. The molecule has 118 valence electrons. The minimum atomic E-state index is -0.276. The van der Waals surface area contributed by atoms with Gasteiger partial charge in [-0.15, -0.1) is 0 Å². The second kappa shape index (κ2) is 7.57. The molecule has 0 heterocycles. The van der Waals surface area contributed by atoms with Crippen molar-refractivity contribution in [1.29, 1.82) is 5.26 Å². The number of hydrogen-bond acceptors (Lipinski definition) is 3. The highest BCUT2D eigenvalue weighted by molar-refractivity contribution is 5.94. The number of nitrogens with one attached hydrogen (secondary N) is 1. The molecule has 1 N–H and O–H groups in total. The molecule has 23 heavy (non-hydrogen) atoms. The molecule has 0 aliphatic heterocycles. The summed E-state index contributed by atoms with van der Waals surface area (Å²) in [6.07, 6.45) is 0. The van der Waals surface area contributed by atoms with Crippen LogP contribution in [0.25, 0.3) is 0 Å². The van der Waals surface area contributed by atoms with Crippen LogP contribution in [0.5, 0.6) is 0 Å². The minimum Gasteiger partial charge on any atom is -0.325 e. The van der Waals surface area contributed by atoms with Gasteiger partial charge in [0.05, 0.1) is 17.7 Å². The topological polar surface area (TPSA) is 56.1 Å². The molecular formula is C19H21N3O.